The van der Waals surface area contributed by atoms with Gasteiger partial charge in [0.25, 0.3) is 0 Å². The molecule has 2 rings (SSSR count). The van der Waals surface area contributed by atoms with Crippen LogP contribution in [0.3, 0.4) is 0 Å². The van der Waals surface area contributed by atoms with Gasteiger partial charge in [-0.05, 0) is 44.6 Å². The van der Waals surface area contributed by atoms with Gasteiger partial charge in [0.2, 0.25) is 0 Å². The van der Waals surface area contributed by atoms with Crippen LogP contribution in [0.15, 0.2) is 27.9 Å². The van der Waals surface area contributed by atoms with E-state index in [1.807, 2.05) is 0 Å². The average Bonchev–Trinajstić information content (AvgIpc) is 3.23. The first-order chi connectivity index (χ1) is 11.7. The van der Waals surface area contributed by atoms with Crippen LogP contribution < -0.4 is 10.6 Å². The lowest BCUT2D eigenvalue weighted by atomic mass is 10.1. The van der Waals surface area contributed by atoms with Gasteiger partial charge in [-0.1, -0.05) is 13.0 Å². The average molecular weight is 365 g/mol. The first-order valence-electron chi connectivity index (χ1n) is 8.65. The van der Waals surface area contributed by atoms with Gasteiger partial charge >= 0.3 is 0 Å². The maximum absolute atomic E-state index is 4.72. The summed E-state index contributed by atoms with van der Waals surface area (Å²) in [4.78, 5) is 10.6. The summed E-state index contributed by atoms with van der Waals surface area (Å²) in [6, 6.07) is 4.29. The van der Waals surface area contributed by atoms with Crippen LogP contribution in [0.1, 0.15) is 48.2 Å². The normalized spacial score (nSPS) is 13.0. The van der Waals surface area contributed by atoms with Crippen LogP contribution in [-0.2, 0) is 6.42 Å². The van der Waals surface area contributed by atoms with Crippen molar-refractivity contribution in [3.05, 3.63) is 38.5 Å². The summed E-state index contributed by atoms with van der Waals surface area (Å²) in [5.74, 6) is 1.39. The molecule has 4 nitrogen and oxygen atoms in total. The Labute approximate surface area is 153 Å². The van der Waals surface area contributed by atoms with Crippen molar-refractivity contribution in [1.82, 2.24) is 15.6 Å². The van der Waals surface area contributed by atoms with E-state index in [1.54, 1.807) is 22.7 Å². The molecule has 6 heteroatoms. The van der Waals surface area contributed by atoms with Gasteiger partial charge in [-0.3, -0.25) is 4.99 Å². The van der Waals surface area contributed by atoms with Gasteiger partial charge in [0.05, 0.1) is 11.6 Å². The van der Waals surface area contributed by atoms with Crippen molar-refractivity contribution in [2.45, 2.75) is 46.0 Å². The molecule has 0 radical (unpaired) electrons. The number of aryl methyl sites for hydroxylation is 2. The molecule has 2 aromatic heterocycles. The molecule has 2 aromatic rings. The Morgan fingerprint density at radius 2 is 2.17 bits per heavy atom. The molecule has 132 valence electrons. The van der Waals surface area contributed by atoms with Gasteiger partial charge in [-0.15, -0.1) is 22.7 Å². The zero-order valence-corrected chi connectivity index (χ0v) is 16.5. The molecule has 1 unspecified atom stereocenters. The Morgan fingerprint density at radius 3 is 2.83 bits per heavy atom. The zero-order chi connectivity index (χ0) is 17.2. The van der Waals surface area contributed by atoms with Crippen LogP contribution in [0.2, 0.25) is 0 Å². The zero-order valence-electron chi connectivity index (χ0n) is 14.8. The van der Waals surface area contributed by atoms with Crippen LogP contribution in [0.4, 0.5) is 0 Å². The van der Waals surface area contributed by atoms with Gasteiger partial charge in [0.15, 0.2) is 5.96 Å². The van der Waals surface area contributed by atoms with E-state index in [-0.39, 0.29) is 0 Å². The van der Waals surface area contributed by atoms with Crippen molar-refractivity contribution in [3.63, 3.8) is 0 Å². The van der Waals surface area contributed by atoms with Crippen molar-refractivity contribution >= 4 is 28.6 Å². The third kappa shape index (κ3) is 6.61. The summed E-state index contributed by atoms with van der Waals surface area (Å²) in [5, 5.41) is 12.3. The van der Waals surface area contributed by atoms with Crippen LogP contribution in [-0.4, -0.2) is 30.6 Å². The van der Waals surface area contributed by atoms with Gasteiger partial charge in [0.1, 0.15) is 0 Å². The van der Waals surface area contributed by atoms with Crippen LogP contribution in [0, 0.1) is 6.92 Å². The quantitative estimate of drug-likeness (QED) is 0.398. The number of hydrogen-bond acceptors (Lipinski definition) is 4. The highest BCUT2D eigenvalue weighted by Gasteiger charge is 2.06. The van der Waals surface area contributed by atoms with Crippen LogP contribution in [0.25, 0.3) is 0 Å². The summed E-state index contributed by atoms with van der Waals surface area (Å²) in [7, 11) is 0. The van der Waals surface area contributed by atoms with E-state index in [4.69, 9.17) is 4.99 Å². The minimum absolute atomic E-state index is 0.466. The van der Waals surface area contributed by atoms with E-state index in [0.717, 1.165) is 50.6 Å². The third-order valence-corrected chi connectivity index (χ3v) is 5.80. The molecule has 0 aliphatic carbocycles. The molecule has 0 aliphatic heterocycles. The molecule has 2 heterocycles. The number of aromatic nitrogens is 1. The van der Waals surface area contributed by atoms with Gasteiger partial charge in [0, 0.05) is 35.0 Å². The summed E-state index contributed by atoms with van der Waals surface area (Å²) in [6.45, 7) is 9.03. The summed E-state index contributed by atoms with van der Waals surface area (Å²) in [5.41, 5.74) is 1.13. The van der Waals surface area contributed by atoms with Crippen molar-refractivity contribution in [2.24, 2.45) is 4.99 Å². The fourth-order valence-corrected chi connectivity index (χ4v) is 3.95. The van der Waals surface area contributed by atoms with E-state index in [0.29, 0.717) is 5.92 Å². The SMILES string of the molecule is CCNC(=NCC(C)c1cccs1)NCCCCc1nc(C)cs1. The molecular formula is C18H28N4S2. The third-order valence-electron chi connectivity index (χ3n) is 3.67. The van der Waals surface area contributed by atoms with Crippen molar-refractivity contribution in [1.29, 1.82) is 0 Å². The number of hydrogen-bond donors (Lipinski definition) is 2. The first kappa shape index (κ1) is 18.9. The molecule has 0 amide bonds. The van der Waals surface area contributed by atoms with Crippen molar-refractivity contribution in [3.8, 4) is 0 Å². The number of aliphatic imine (C=N–C) groups is 1. The van der Waals surface area contributed by atoms with Crippen LogP contribution >= 0.6 is 22.7 Å². The standard InChI is InChI=1S/C18H28N4S2/c1-4-19-18(21-12-14(2)16-8-7-11-23-16)20-10-6-5-9-17-22-15(3)13-24-17/h7-8,11,13-14H,4-6,9-10,12H2,1-3H3,(H2,19,20,21). The molecule has 0 spiro atoms. The number of guanidine groups is 1. The molecular weight excluding hydrogens is 336 g/mol. The first-order valence-corrected chi connectivity index (χ1v) is 10.4. The second-order valence-electron chi connectivity index (χ2n) is 5.90. The lowest BCUT2D eigenvalue weighted by Gasteiger charge is -2.12. The second kappa shape index (κ2) is 10.5. The van der Waals surface area contributed by atoms with E-state index < -0.39 is 0 Å². The molecule has 0 saturated heterocycles. The Kier molecular flexibility index (Phi) is 8.25. The highest BCUT2D eigenvalue weighted by Crippen LogP contribution is 2.20. The smallest absolute Gasteiger partial charge is 0.191 e. The van der Waals surface area contributed by atoms with Gasteiger partial charge in [-0.2, -0.15) is 0 Å². The van der Waals surface area contributed by atoms with E-state index in [2.05, 4.69) is 59.3 Å². The minimum atomic E-state index is 0.466. The van der Waals surface area contributed by atoms with Gasteiger partial charge in [-0.25, -0.2) is 4.98 Å². The Balaban J connectivity index is 1.69. The number of nitrogens with zero attached hydrogens (tertiary/aromatic N) is 2. The fraction of sp³-hybridized carbons (Fsp3) is 0.556. The number of rotatable bonds is 9. The monoisotopic (exact) mass is 364 g/mol. The number of thiophene rings is 1. The highest BCUT2D eigenvalue weighted by atomic mass is 32.1. The number of thiazole rings is 1. The number of nitrogens with one attached hydrogen (secondary N) is 2. The second-order valence-corrected chi connectivity index (χ2v) is 7.82. The lowest BCUT2D eigenvalue weighted by molar-refractivity contribution is 0.688. The molecule has 0 aromatic carbocycles. The molecule has 0 aliphatic rings. The molecule has 0 bridgehead atoms. The summed E-state index contributed by atoms with van der Waals surface area (Å²) in [6.07, 6.45) is 3.36. The Hall–Kier alpha value is -1.40. The topological polar surface area (TPSA) is 49.3 Å². The molecule has 0 saturated carbocycles. The minimum Gasteiger partial charge on any atom is -0.357 e. The maximum Gasteiger partial charge on any atom is 0.191 e. The van der Waals surface area contributed by atoms with Crippen LogP contribution in [0.5, 0.6) is 0 Å². The lowest BCUT2D eigenvalue weighted by Crippen LogP contribution is -2.38. The van der Waals surface area contributed by atoms with Gasteiger partial charge < -0.3 is 10.6 Å². The Bertz CT molecular complexity index is 604. The number of unbranched alkanes of at least 4 members (excludes halogenated alkanes) is 1. The fourth-order valence-electron chi connectivity index (χ4n) is 2.36. The maximum atomic E-state index is 4.72. The molecule has 24 heavy (non-hydrogen) atoms. The summed E-state index contributed by atoms with van der Waals surface area (Å²) >= 11 is 3.57. The Morgan fingerprint density at radius 1 is 1.29 bits per heavy atom. The van der Waals surface area contributed by atoms with Crippen molar-refractivity contribution in [2.75, 3.05) is 19.6 Å². The molecule has 1 atom stereocenters. The summed E-state index contributed by atoms with van der Waals surface area (Å²) < 4.78 is 0. The van der Waals surface area contributed by atoms with E-state index in [1.165, 1.54) is 9.88 Å². The van der Waals surface area contributed by atoms with E-state index >= 15 is 0 Å². The highest BCUT2D eigenvalue weighted by molar-refractivity contribution is 7.10. The molecule has 0 fully saturated rings. The predicted octanol–water partition coefficient (Wildman–Crippen LogP) is 4.19. The largest absolute Gasteiger partial charge is 0.357 e. The van der Waals surface area contributed by atoms with E-state index in [9.17, 15) is 0 Å². The molecule has 2 N–H and O–H groups in total. The predicted molar refractivity (Wildman–Crippen MR) is 107 cm³/mol. The van der Waals surface area contributed by atoms with Crippen molar-refractivity contribution < 1.29 is 0 Å².